The summed E-state index contributed by atoms with van der Waals surface area (Å²) in [5, 5.41) is 2.61. The number of piperidine rings is 1. The van der Waals surface area contributed by atoms with E-state index >= 15 is 8.78 Å². The Kier molecular flexibility index (Phi) is 8.39. The zero-order valence-electron chi connectivity index (χ0n) is 20.2. The first-order chi connectivity index (χ1) is 17.7. The second-order valence-corrected chi connectivity index (χ2v) is 10.1. The first kappa shape index (κ1) is 29.1. The quantitative estimate of drug-likeness (QED) is 0.465. The highest BCUT2D eigenvalue weighted by Gasteiger charge is 2.67. The summed E-state index contributed by atoms with van der Waals surface area (Å²) < 4.78 is 126. The maximum atomic E-state index is 15.1. The van der Waals surface area contributed by atoms with Gasteiger partial charge in [-0.3, -0.25) is 4.79 Å². The van der Waals surface area contributed by atoms with E-state index < -0.39 is 92.4 Å². The van der Waals surface area contributed by atoms with Crippen LogP contribution < -0.4 is 16.2 Å². The van der Waals surface area contributed by atoms with Crippen molar-refractivity contribution >= 4 is 5.78 Å². The van der Waals surface area contributed by atoms with Gasteiger partial charge in [0.2, 0.25) is 5.60 Å². The molecular weight excluding hydrogens is 530 g/mol. The summed E-state index contributed by atoms with van der Waals surface area (Å²) in [6, 6.07) is 5.05. The Balaban J connectivity index is 1.67. The van der Waals surface area contributed by atoms with Gasteiger partial charge in [-0.15, -0.1) is 0 Å². The van der Waals surface area contributed by atoms with Crippen molar-refractivity contribution in [2.75, 3.05) is 0 Å². The number of hydrogen-bond donors (Lipinski definition) is 3. The van der Waals surface area contributed by atoms with Crippen LogP contribution >= 0.6 is 0 Å². The van der Waals surface area contributed by atoms with Crippen molar-refractivity contribution < 1.29 is 49.4 Å². The number of fused-ring (bicyclic) bond motifs is 5. The normalized spacial score (nSPS) is 35.1. The Morgan fingerprint density at radius 2 is 1.71 bits per heavy atom. The number of ether oxygens (including phenoxy) is 2. The fourth-order valence-electron chi connectivity index (χ4n) is 5.31. The second kappa shape index (κ2) is 11.0. The summed E-state index contributed by atoms with van der Waals surface area (Å²) in [6.07, 6.45) is -17.9. The van der Waals surface area contributed by atoms with E-state index in [4.69, 9.17) is 9.47 Å². The summed E-state index contributed by atoms with van der Waals surface area (Å²) in [6.45, 7) is -0.645. The topological polar surface area (TPSA) is 71.6 Å². The van der Waals surface area contributed by atoms with E-state index in [2.05, 4.69) is 16.2 Å². The Morgan fingerprint density at radius 1 is 1.00 bits per heavy atom. The number of nitrogens with one attached hydrogen (secondary N) is 3. The van der Waals surface area contributed by atoms with Gasteiger partial charge in [0.1, 0.15) is 12.0 Å². The molecule has 3 saturated heterocycles. The van der Waals surface area contributed by atoms with E-state index in [1.165, 1.54) is 12.1 Å². The van der Waals surface area contributed by atoms with Gasteiger partial charge >= 0.3 is 12.4 Å². The van der Waals surface area contributed by atoms with Crippen molar-refractivity contribution in [2.45, 2.75) is 100.0 Å². The van der Waals surface area contributed by atoms with Crippen molar-refractivity contribution in [1.29, 1.82) is 0 Å². The third-order valence-electron chi connectivity index (χ3n) is 7.34. The van der Waals surface area contributed by atoms with Crippen LogP contribution in [-0.2, 0) is 20.9 Å². The third kappa shape index (κ3) is 6.30. The highest BCUT2D eigenvalue weighted by molar-refractivity contribution is 5.84. The van der Waals surface area contributed by atoms with Gasteiger partial charge in [-0.2, -0.15) is 26.3 Å². The lowest BCUT2D eigenvalue weighted by atomic mass is 9.82. The van der Waals surface area contributed by atoms with Crippen molar-refractivity contribution in [2.24, 2.45) is 5.92 Å². The molecule has 5 unspecified atom stereocenters. The van der Waals surface area contributed by atoms with Gasteiger partial charge in [-0.1, -0.05) is 30.3 Å². The highest BCUT2D eigenvalue weighted by Crippen LogP contribution is 2.47. The standard InChI is InChI=1S/C24H29F8N3O3/c25-21(26)11-5-4-8-17(36)18-15(23(27,28)29)9-10-16(33-18)19-34-35-20(38-19)22(13-21,24(30,31)32)37-12-14-6-2-1-3-7-14/h1-3,6-7,15-16,18-20,33-35H,4-5,8-13H2/t15?,16?,18?,19?,20?,22-/m1/s1. The summed E-state index contributed by atoms with van der Waals surface area (Å²) >= 11 is 0. The molecule has 3 N–H and O–H groups in total. The van der Waals surface area contributed by atoms with Crippen molar-refractivity contribution in [3.63, 3.8) is 0 Å². The van der Waals surface area contributed by atoms with Gasteiger partial charge in [0, 0.05) is 18.9 Å². The number of hydrogen-bond acceptors (Lipinski definition) is 6. The van der Waals surface area contributed by atoms with Gasteiger partial charge in [0.05, 0.1) is 25.0 Å². The molecule has 3 heterocycles. The third-order valence-corrected chi connectivity index (χ3v) is 7.34. The van der Waals surface area contributed by atoms with Crippen molar-refractivity contribution in [3.05, 3.63) is 35.9 Å². The predicted molar refractivity (Wildman–Crippen MR) is 117 cm³/mol. The van der Waals surface area contributed by atoms with Crippen LogP contribution in [-0.4, -0.2) is 54.2 Å². The fraction of sp³-hybridized carbons (Fsp3) is 0.708. The minimum Gasteiger partial charge on any atom is -0.357 e. The van der Waals surface area contributed by atoms with E-state index in [0.29, 0.717) is 5.56 Å². The molecule has 214 valence electrons. The van der Waals surface area contributed by atoms with E-state index in [-0.39, 0.29) is 19.3 Å². The minimum absolute atomic E-state index is 0.180. The first-order valence-electron chi connectivity index (χ1n) is 12.4. The van der Waals surface area contributed by atoms with E-state index in [9.17, 15) is 31.1 Å². The van der Waals surface area contributed by atoms with Gasteiger partial charge in [0.25, 0.3) is 5.92 Å². The van der Waals surface area contributed by atoms with Crippen molar-refractivity contribution in [1.82, 2.24) is 16.2 Å². The van der Waals surface area contributed by atoms with Crippen LogP contribution in [0.3, 0.4) is 0 Å². The predicted octanol–water partition coefficient (Wildman–Crippen LogP) is 4.75. The lowest BCUT2D eigenvalue weighted by molar-refractivity contribution is -0.333. The largest absolute Gasteiger partial charge is 0.421 e. The maximum absolute atomic E-state index is 15.1. The van der Waals surface area contributed by atoms with E-state index in [0.717, 1.165) is 0 Å². The monoisotopic (exact) mass is 559 g/mol. The minimum atomic E-state index is -5.32. The molecule has 14 heteroatoms. The molecule has 0 amide bonds. The smallest absolute Gasteiger partial charge is 0.357 e. The molecule has 0 saturated carbocycles. The van der Waals surface area contributed by atoms with Gasteiger partial charge in [-0.05, 0) is 31.2 Å². The van der Waals surface area contributed by atoms with Gasteiger partial charge in [-0.25, -0.2) is 19.6 Å². The number of ketones is 1. The Hall–Kier alpha value is -1.87. The zero-order chi connectivity index (χ0) is 27.8. The number of halogens is 8. The number of Topliss-reactive ketones (excluding diaryl/α,β-unsaturated/α-hetero) is 1. The van der Waals surface area contributed by atoms with Gasteiger partial charge in [0.15, 0.2) is 6.23 Å². The fourth-order valence-corrected chi connectivity index (χ4v) is 5.31. The Labute approximate surface area is 213 Å². The average Bonchev–Trinajstić information content (AvgIpc) is 3.33. The molecule has 3 aliphatic rings. The molecule has 1 aromatic carbocycles. The molecule has 3 fully saturated rings. The molecule has 4 bridgehead atoms. The molecule has 0 radical (unpaired) electrons. The maximum Gasteiger partial charge on any atom is 0.421 e. The average molecular weight is 559 g/mol. The molecule has 6 atom stereocenters. The van der Waals surface area contributed by atoms with Crippen LogP contribution in [0.2, 0.25) is 0 Å². The highest BCUT2D eigenvalue weighted by atomic mass is 19.4. The van der Waals surface area contributed by atoms with Crippen LogP contribution in [0.25, 0.3) is 0 Å². The number of benzene rings is 1. The van der Waals surface area contributed by atoms with Crippen LogP contribution in [0.1, 0.15) is 50.5 Å². The molecule has 4 rings (SSSR count). The van der Waals surface area contributed by atoms with Crippen LogP contribution in [0, 0.1) is 5.92 Å². The van der Waals surface area contributed by atoms with Crippen molar-refractivity contribution in [3.8, 4) is 0 Å². The summed E-state index contributed by atoms with van der Waals surface area (Å²) in [4.78, 5) is 12.7. The van der Waals surface area contributed by atoms with E-state index in [1.54, 1.807) is 18.2 Å². The Morgan fingerprint density at radius 3 is 2.37 bits per heavy atom. The summed E-state index contributed by atoms with van der Waals surface area (Å²) in [5.74, 6) is -6.67. The molecule has 38 heavy (non-hydrogen) atoms. The molecule has 6 nitrogen and oxygen atoms in total. The number of carbonyl (C=O) groups is 1. The second-order valence-electron chi connectivity index (χ2n) is 10.1. The Bertz CT molecular complexity index is 961. The lowest BCUT2D eigenvalue weighted by Gasteiger charge is -2.42. The lowest BCUT2D eigenvalue weighted by Crippen LogP contribution is -2.63. The molecule has 0 spiro atoms. The summed E-state index contributed by atoms with van der Waals surface area (Å²) in [5.41, 5.74) is 1.52. The number of rotatable bonds is 3. The number of hydrazine groups is 1. The summed E-state index contributed by atoms with van der Waals surface area (Å²) in [7, 11) is 0. The number of alkyl halides is 8. The molecular formula is C24H29F8N3O3. The zero-order valence-corrected chi connectivity index (χ0v) is 20.2. The molecule has 0 aromatic heterocycles. The SMILES string of the molecule is O=C1CCCCC(F)(F)C[C@](OCc2ccccc2)(C(F)(F)F)C2NNC(O2)C2CCC(C(F)(F)F)C1N2. The van der Waals surface area contributed by atoms with Crippen LogP contribution in [0.15, 0.2) is 30.3 Å². The van der Waals surface area contributed by atoms with Gasteiger partial charge < -0.3 is 14.8 Å². The first-order valence-corrected chi connectivity index (χ1v) is 12.4. The van der Waals surface area contributed by atoms with Crippen LogP contribution in [0.5, 0.6) is 0 Å². The molecule has 0 aliphatic carbocycles. The molecule has 1 aromatic rings. The van der Waals surface area contributed by atoms with E-state index in [1.807, 2.05) is 0 Å². The molecule has 3 aliphatic heterocycles. The van der Waals surface area contributed by atoms with Crippen LogP contribution in [0.4, 0.5) is 35.1 Å². The number of carbonyl (C=O) groups excluding carboxylic acids is 1.